The fourth-order valence-electron chi connectivity index (χ4n) is 0.889. The van der Waals surface area contributed by atoms with Crippen LogP contribution >= 0.6 is 0 Å². The third-order valence-corrected chi connectivity index (χ3v) is 3.19. The van der Waals surface area contributed by atoms with Crippen LogP contribution in [0.25, 0.3) is 0 Å². The topological polar surface area (TPSA) is 48.3 Å². The molecule has 0 spiro atoms. The molecule has 0 radical (unpaired) electrons. The molecule has 0 aliphatic heterocycles. The van der Waals surface area contributed by atoms with Gasteiger partial charge in [0.2, 0.25) is 0 Å². The molecule has 0 fully saturated rings. The first-order valence-electron chi connectivity index (χ1n) is 4.79. The summed E-state index contributed by atoms with van der Waals surface area (Å²) in [6.45, 7) is 7.64. The molecule has 1 aromatic heterocycles. The minimum absolute atomic E-state index is 0.320. The summed E-state index contributed by atoms with van der Waals surface area (Å²) in [4.78, 5) is 4.15. The van der Waals surface area contributed by atoms with Crippen LogP contribution in [0.5, 0.6) is 0 Å². The predicted octanol–water partition coefficient (Wildman–Crippen LogP) is 2.27. The van der Waals surface area contributed by atoms with Crippen molar-refractivity contribution in [3.8, 4) is 0 Å². The molecule has 4 heteroatoms. The van der Waals surface area contributed by atoms with Crippen LogP contribution in [0.1, 0.15) is 32.0 Å². The Morgan fingerprint density at radius 2 is 2.13 bits per heavy atom. The molecule has 0 aliphatic rings. The Labute approximate surface area is 94.0 Å². The summed E-state index contributed by atoms with van der Waals surface area (Å²) >= 11 is -1.22. The summed E-state index contributed by atoms with van der Waals surface area (Å²) in [6, 6.07) is 3.82. The molecule has 0 N–H and O–H groups in total. The van der Waals surface area contributed by atoms with Crippen molar-refractivity contribution < 1.29 is 4.55 Å². The highest BCUT2D eigenvalue weighted by Gasteiger charge is 2.25. The number of rotatable bonds is 2. The summed E-state index contributed by atoms with van der Waals surface area (Å²) in [7, 11) is 0. The maximum Gasteiger partial charge on any atom is 0.144 e. The zero-order valence-electron chi connectivity index (χ0n) is 9.52. The van der Waals surface area contributed by atoms with Gasteiger partial charge >= 0.3 is 0 Å². The van der Waals surface area contributed by atoms with E-state index in [1.165, 1.54) is 0 Å². The van der Waals surface area contributed by atoms with Crippen LogP contribution in [0.2, 0.25) is 0 Å². The van der Waals surface area contributed by atoms with Crippen LogP contribution in [0.3, 0.4) is 0 Å². The third-order valence-electron chi connectivity index (χ3n) is 1.84. The van der Waals surface area contributed by atoms with Crippen LogP contribution in [0.4, 0.5) is 0 Å². The Balaban J connectivity index is 2.79. The molecule has 0 saturated heterocycles. The maximum absolute atomic E-state index is 11.6. The lowest BCUT2D eigenvalue weighted by Gasteiger charge is -2.17. The van der Waals surface area contributed by atoms with Crippen molar-refractivity contribution in [3.05, 3.63) is 29.6 Å². The summed E-state index contributed by atoms with van der Waals surface area (Å²) in [5.41, 5.74) is 1.81. The minimum atomic E-state index is -1.22. The van der Waals surface area contributed by atoms with Gasteiger partial charge in [-0.1, -0.05) is 10.5 Å². The molecule has 82 valence electrons. The lowest BCUT2D eigenvalue weighted by molar-refractivity contribution is 0.562. The van der Waals surface area contributed by atoms with Crippen molar-refractivity contribution in [1.82, 2.24) is 4.98 Å². The SMILES string of the molecule is Cc1cccnc1C=N[S@@+]([O-])C(C)(C)C. The number of aryl methyl sites for hydroxylation is 1. The van der Waals surface area contributed by atoms with Gasteiger partial charge in [0, 0.05) is 6.20 Å². The molecule has 0 unspecified atom stereocenters. The zero-order valence-corrected chi connectivity index (χ0v) is 10.3. The van der Waals surface area contributed by atoms with E-state index in [0.29, 0.717) is 0 Å². The molecule has 1 heterocycles. The first-order chi connectivity index (χ1) is 6.91. The van der Waals surface area contributed by atoms with E-state index in [1.807, 2.05) is 39.8 Å². The molecule has 1 atom stereocenters. The van der Waals surface area contributed by atoms with Crippen molar-refractivity contribution in [2.45, 2.75) is 32.4 Å². The smallest absolute Gasteiger partial charge is 0.144 e. The predicted molar refractivity (Wildman–Crippen MR) is 64.5 cm³/mol. The van der Waals surface area contributed by atoms with Gasteiger partial charge in [0.1, 0.15) is 22.3 Å². The quantitative estimate of drug-likeness (QED) is 0.571. The lowest BCUT2D eigenvalue weighted by atomic mass is 10.2. The molecule has 1 aromatic rings. The van der Waals surface area contributed by atoms with Gasteiger partial charge in [-0.2, -0.15) is 0 Å². The van der Waals surface area contributed by atoms with Crippen molar-refractivity contribution in [3.63, 3.8) is 0 Å². The van der Waals surface area contributed by atoms with E-state index in [-0.39, 0.29) is 4.75 Å². The fourth-order valence-corrected chi connectivity index (χ4v) is 1.40. The highest BCUT2D eigenvalue weighted by atomic mass is 32.2. The molecule has 0 amide bonds. The third kappa shape index (κ3) is 3.64. The Morgan fingerprint density at radius 1 is 1.47 bits per heavy atom. The maximum atomic E-state index is 11.6. The van der Waals surface area contributed by atoms with E-state index in [4.69, 9.17) is 0 Å². The highest BCUT2D eigenvalue weighted by molar-refractivity contribution is 7.91. The first kappa shape index (κ1) is 12.2. The molecule has 3 nitrogen and oxygen atoms in total. The van der Waals surface area contributed by atoms with Gasteiger partial charge in [0.05, 0.1) is 5.69 Å². The van der Waals surface area contributed by atoms with Gasteiger partial charge < -0.3 is 4.55 Å². The van der Waals surface area contributed by atoms with E-state index in [1.54, 1.807) is 12.4 Å². The Kier molecular flexibility index (Phi) is 3.88. The normalized spacial score (nSPS) is 14.5. The van der Waals surface area contributed by atoms with Crippen LogP contribution < -0.4 is 0 Å². The van der Waals surface area contributed by atoms with Gasteiger partial charge in [0.15, 0.2) is 0 Å². The summed E-state index contributed by atoms with van der Waals surface area (Å²) < 4.78 is 15.3. The monoisotopic (exact) mass is 224 g/mol. The lowest BCUT2D eigenvalue weighted by Crippen LogP contribution is -2.25. The van der Waals surface area contributed by atoms with Crippen LogP contribution in [-0.2, 0) is 11.4 Å². The van der Waals surface area contributed by atoms with Crippen molar-refractivity contribution in [2.24, 2.45) is 4.40 Å². The van der Waals surface area contributed by atoms with E-state index in [0.717, 1.165) is 11.3 Å². The number of pyridine rings is 1. The van der Waals surface area contributed by atoms with Crippen LogP contribution in [-0.4, -0.2) is 20.5 Å². The highest BCUT2D eigenvalue weighted by Crippen LogP contribution is 2.16. The minimum Gasteiger partial charge on any atom is -0.591 e. The number of hydrogen-bond acceptors (Lipinski definition) is 3. The zero-order chi connectivity index (χ0) is 11.5. The second-order valence-corrected chi connectivity index (χ2v) is 6.24. The second kappa shape index (κ2) is 4.77. The molecule has 0 aliphatic carbocycles. The molecule has 1 rings (SSSR count). The van der Waals surface area contributed by atoms with E-state index < -0.39 is 11.4 Å². The van der Waals surface area contributed by atoms with Gasteiger partial charge in [0.25, 0.3) is 0 Å². The number of hydrogen-bond donors (Lipinski definition) is 0. The fraction of sp³-hybridized carbons (Fsp3) is 0.455. The second-order valence-electron chi connectivity index (χ2n) is 4.30. The average Bonchev–Trinajstić information content (AvgIpc) is 2.14. The van der Waals surface area contributed by atoms with E-state index in [2.05, 4.69) is 9.38 Å². The Bertz CT molecular complexity index is 358. The van der Waals surface area contributed by atoms with E-state index in [9.17, 15) is 4.55 Å². The summed E-state index contributed by atoms with van der Waals surface area (Å²) in [5.74, 6) is 0. The first-order valence-corrected chi connectivity index (χ1v) is 5.89. The molecule has 0 bridgehead atoms. The van der Waals surface area contributed by atoms with Crippen molar-refractivity contribution in [1.29, 1.82) is 0 Å². The summed E-state index contributed by atoms with van der Waals surface area (Å²) in [5, 5.41) is 0. The van der Waals surface area contributed by atoms with Crippen molar-refractivity contribution in [2.75, 3.05) is 0 Å². The van der Waals surface area contributed by atoms with Gasteiger partial charge in [-0.05, 0) is 39.3 Å². The van der Waals surface area contributed by atoms with Gasteiger partial charge in [-0.3, -0.25) is 4.98 Å². The largest absolute Gasteiger partial charge is 0.591 e. The standard InChI is InChI=1S/C11H16N2OS/c1-9-6-5-7-12-10(9)8-13-15(14)11(2,3)4/h5-8H,1-4H3/t15-/m0/s1. The van der Waals surface area contributed by atoms with Crippen molar-refractivity contribution >= 4 is 17.6 Å². The van der Waals surface area contributed by atoms with E-state index >= 15 is 0 Å². The number of aromatic nitrogens is 1. The molecular weight excluding hydrogens is 208 g/mol. The molecule has 15 heavy (non-hydrogen) atoms. The molecular formula is C11H16N2OS. The summed E-state index contributed by atoms with van der Waals surface area (Å²) in [6.07, 6.45) is 3.28. The van der Waals surface area contributed by atoms with Gasteiger partial charge in [-0.15, -0.1) is 0 Å². The number of nitrogens with zero attached hydrogens (tertiary/aromatic N) is 2. The Morgan fingerprint density at radius 3 is 2.67 bits per heavy atom. The average molecular weight is 224 g/mol. The van der Waals surface area contributed by atoms with Crippen LogP contribution in [0, 0.1) is 6.92 Å². The van der Waals surface area contributed by atoms with Crippen LogP contribution in [0.15, 0.2) is 22.7 Å². The van der Waals surface area contributed by atoms with Gasteiger partial charge in [-0.25, -0.2) is 0 Å². The Hall–Kier alpha value is -0.870. The molecule has 0 saturated carbocycles. The molecule has 0 aromatic carbocycles.